The van der Waals surface area contributed by atoms with Crippen LogP contribution in [0.25, 0.3) is 38.9 Å². The van der Waals surface area contributed by atoms with E-state index in [9.17, 15) is 17.6 Å². The molecule has 1 atom stereocenters. The van der Waals surface area contributed by atoms with Gasteiger partial charge in [-0.15, -0.1) is 0 Å². The first-order valence-corrected chi connectivity index (χ1v) is 15.2. The Kier molecular flexibility index (Phi) is 8.51. The number of fused-ring (bicyclic) bond motifs is 2. The van der Waals surface area contributed by atoms with Gasteiger partial charge < -0.3 is 10.5 Å². The highest BCUT2D eigenvalue weighted by Gasteiger charge is 2.28. The van der Waals surface area contributed by atoms with Crippen molar-refractivity contribution in [2.75, 3.05) is 19.1 Å². The van der Waals surface area contributed by atoms with Crippen molar-refractivity contribution >= 4 is 49.5 Å². The molecule has 6 rings (SSSR count). The van der Waals surface area contributed by atoms with Gasteiger partial charge in [-0.2, -0.15) is 17.9 Å². The fraction of sp³-hybridized carbons (Fsp3) is 0.138. The van der Waals surface area contributed by atoms with Crippen LogP contribution in [0.3, 0.4) is 0 Å². The van der Waals surface area contributed by atoms with Crippen LogP contribution in [0.15, 0.2) is 71.8 Å². The lowest BCUT2D eigenvalue weighted by Crippen LogP contribution is -2.27. The lowest BCUT2D eigenvalue weighted by atomic mass is 10.1. The molecule has 1 unspecified atom stereocenters. The summed E-state index contributed by atoms with van der Waals surface area (Å²) < 4.78 is 63.6. The van der Waals surface area contributed by atoms with Gasteiger partial charge in [0.15, 0.2) is 17.2 Å². The minimum absolute atomic E-state index is 0.0211. The van der Waals surface area contributed by atoms with Gasteiger partial charge in [-0.05, 0) is 43.3 Å². The van der Waals surface area contributed by atoms with Crippen LogP contribution in [0, 0.1) is 11.6 Å². The molecule has 0 radical (unpaired) electrons. The van der Waals surface area contributed by atoms with Crippen LogP contribution in [0.4, 0.5) is 14.6 Å². The highest BCUT2D eigenvalue weighted by Crippen LogP contribution is 2.36. The zero-order chi connectivity index (χ0) is 32.6. The molecule has 0 spiro atoms. The molecule has 3 N–H and O–H groups in total. The first-order chi connectivity index (χ1) is 21.3. The third-order valence-corrected chi connectivity index (χ3v) is 6.98. The number of anilines is 1. The zero-order valence-corrected chi connectivity index (χ0v) is 25.4. The van der Waals surface area contributed by atoms with E-state index < -0.39 is 27.8 Å². The summed E-state index contributed by atoms with van der Waals surface area (Å²) in [5.74, 6) is -2.26. The lowest BCUT2D eigenvalue weighted by Gasteiger charge is -2.19. The standard InChI is InChI=1S/C28H20ClF2N7O2.CH4O3S/c1-14(26-35-18-10-6-9-17(29)20(18)28(39)37(26)15-7-4-3-5-8-15)38-27-21(25(32)33-13-34-27)24(36-38)16-11-12-19(40-2)23(31)22(16)30;1-5(2,3)4/h3-14H,1-2H3,(H2,32,33,34);1H3,(H,2,3,4). The predicted molar refractivity (Wildman–Crippen MR) is 165 cm³/mol. The third kappa shape index (κ3) is 6.05. The Morgan fingerprint density at radius 3 is 2.36 bits per heavy atom. The largest absolute Gasteiger partial charge is 0.494 e. The molecule has 0 saturated carbocycles. The van der Waals surface area contributed by atoms with Crippen LogP contribution in [-0.2, 0) is 10.1 Å². The Bertz CT molecular complexity index is 2240. The topological polar surface area (TPSA) is 168 Å². The molecule has 45 heavy (non-hydrogen) atoms. The molecule has 0 aliphatic carbocycles. The van der Waals surface area contributed by atoms with Crippen LogP contribution in [0.5, 0.6) is 5.75 Å². The summed E-state index contributed by atoms with van der Waals surface area (Å²) in [6, 6.07) is 15.9. The van der Waals surface area contributed by atoms with Gasteiger partial charge in [0.05, 0.1) is 40.4 Å². The highest BCUT2D eigenvalue weighted by molar-refractivity contribution is 7.85. The normalized spacial score (nSPS) is 12.2. The van der Waals surface area contributed by atoms with Crippen molar-refractivity contribution in [3.05, 3.63) is 99.8 Å². The van der Waals surface area contributed by atoms with Gasteiger partial charge in [-0.1, -0.05) is 35.9 Å². The van der Waals surface area contributed by atoms with Crippen molar-refractivity contribution in [1.82, 2.24) is 29.3 Å². The van der Waals surface area contributed by atoms with E-state index in [0.29, 0.717) is 23.3 Å². The van der Waals surface area contributed by atoms with Crippen molar-refractivity contribution in [1.29, 1.82) is 0 Å². The average Bonchev–Trinajstić information content (AvgIpc) is 3.38. The molecule has 6 aromatic rings. The molecule has 0 aliphatic rings. The van der Waals surface area contributed by atoms with Crippen LogP contribution < -0.4 is 16.0 Å². The quantitative estimate of drug-likeness (QED) is 0.245. The second-order valence-corrected chi connectivity index (χ2v) is 11.6. The van der Waals surface area contributed by atoms with Gasteiger partial charge in [-0.25, -0.2) is 24.0 Å². The average molecular weight is 656 g/mol. The Hall–Kier alpha value is -4.99. The Morgan fingerprint density at radius 2 is 1.69 bits per heavy atom. The summed E-state index contributed by atoms with van der Waals surface area (Å²) in [5, 5.41) is 5.37. The second kappa shape index (κ2) is 12.2. The molecule has 3 aromatic heterocycles. The Balaban J connectivity index is 0.000000743. The number of benzene rings is 3. The van der Waals surface area contributed by atoms with Crippen LogP contribution in [-0.4, -0.2) is 55.6 Å². The summed E-state index contributed by atoms with van der Waals surface area (Å²) in [6.45, 7) is 1.76. The van der Waals surface area contributed by atoms with Crippen molar-refractivity contribution in [2.24, 2.45) is 0 Å². The number of hydrogen-bond acceptors (Lipinski definition) is 9. The predicted octanol–water partition coefficient (Wildman–Crippen LogP) is 4.83. The summed E-state index contributed by atoms with van der Waals surface area (Å²) in [6.07, 6.45) is 1.96. The molecule has 16 heteroatoms. The summed E-state index contributed by atoms with van der Waals surface area (Å²) in [7, 11) is -2.43. The number of rotatable bonds is 5. The lowest BCUT2D eigenvalue weighted by molar-refractivity contribution is 0.372. The van der Waals surface area contributed by atoms with Crippen molar-refractivity contribution in [3.63, 3.8) is 0 Å². The van der Waals surface area contributed by atoms with Gasteiger partial charge in [0.1, 0.15) is 29.7 Å². The molecule has 0 aliphatic heterocycles. The molecule has 0 bridgehead atoms. The molecule has 12 nitrogen and oxygen atoms in total. The minimum atomic E-state index is -3.67. The second-order valence-electron chi connectivity index (χ2n) is 9.68. The van der Waals surface area contributed by atoms with E-state index in [0.717, 1.165) is 0 Å². The Labute approximate surface area is 259 Å². The molecule has 3 heterocycles. The van der Waals surface area contributed by atoms with Gasteiger partial charge in [0, 0.05) is 5.56 Å². The number of aromatic nitrogens is 6. The molecular weight excluding hydrogens is 632 g/mol. The smallest absolute Gasteiger partial charge is 0.267 e. The van der Waals surface area contributed by atoms with Gasteiger partial charge >= 0.3 is 0 Å². The molecule has 232 valence electrons. The maximum atomic E-state index is 15.2. The van der Waals surface area contributed by atoms with Gasteiger partial charge in [-0.3, -0.25) is 13.9 Å². The summed E-state index contributed by atoms with van der Waals surface area (Å²) >= 11 is 6.41. The summed E-state index contributed by atoms with van der Waals surface area (Å²) in [4.78, 5) is 27.1. The fourth-order valence-electron chi connectivity index (χ4n) is 4.75. The van der Waals surface area contributed by atoms with E-state index >= 15 is 4.39 Å². The Morgan fingerprint density at radius 1 is 1.00 bits per heavy atom. The number of nitrogen functional groups attached to an aromatic ring is 1. The zero-order valence-electron chi connectivity index (χ0n) is 23.8. The number of hydrogen-bond donors (Lipinski definition) is 2. The molecule has 3 aromatic carbocycles. The monoisotopic (exact) mass is 655 g/mol. The van der Waals surface area contributed by atoms with E-state index in [1.165, 1.54) is 34.8 Å². The minimum Gasteiger partial charge on any atom is -0.494 e. The van der Waals surface area contributed by atoms with Crippen molar-refractivity contribution in [2.45, 2.75) is 13.0 Å². The molecular formula is C29H24ClF2N7O5S. The van der Waals surface area contributed by atoms with Crippen LogP contribution in [0.1, 0.15) is 18.8 Å². The number of ether oxygens (including phenoxy) is 1. The van der Waals surface area contributed by atoms with E-state index in [4.69, 9.17) is 31.6 Å². The number of methoxy groups -OCH3 is 1. The van der Waals surface area contributed by atoms with Gasteiger partial charge in [0.25, 0.3) is 15.7 Å². The van der Waals surface area contributed by atoms with E-state index in [-0.39, 0.29) is 49.8 Å². The first kappa shape index (κ1) is 31.4. The number of nitrogens with zero attached hydrogens (tertiary/aromatic N) is 6. The highest BCUT2D eigenvalue weighted by atomic mass is 35.5. The van der Waals surface area contributed by atoms with E-state index in [1.807, 2.05) is 6.07 Å². The number of para-hydroxylation sites is 1. The molecule has 0 amide bonds. The van der Waals surface area contributed by atoms with E-state index in [2.05, 4.69) is 15.1 Å². The number of nitrogens with two attached hydrogens (primary N) is 1. The van der Waals surface area contributed by atoms with E-state index in [1.54, 1.807) is 49.4 Å². The van der Waals surface area contributed by atoms with Crippen molar-refractivity contribution < 1.29 is 26.5 Å². The maximum Gasteiger partial charge on any atom is 0.267 e. The van der Waals surface area contributed by atoms with Crippen molar-refractivity contribution in [3.8, 4) is 22.7 Å². The van der Waals surface area contributed by atoms with Crippen LogP contribution in [0.2, 0.25) is 5.02 Å². The first-order valence-electron chi connectivity index (χ1n) is 13.0. The molecule has 0 fully saturated rings. The number of halogens is 3. The SMILES string of the molecule is COc1ccc(-c2nn(C(C)c3nc4cccc(Cl)c4c(=O)n3-c3ccccc3)c3ncnc(N)c23)c(F)c1F.CS(=O)(=O)O. The van der Waals surface area contributed by atoms with Gasteiger partial charge in [0.2, 0.25) is 5.82 Å². The maximum absolute atomic E-state index is 15.2. The summed E-state index contributed by atoms with van der Waals surface area (Å²) in [5.41, 5.74) is 6.87. The molecule has 0 saturated heterocycles. The fourth-order valence-corrected chi connectivity index (χ4v) is 5.00. The van der Waals surface area contributed by atoms with Crippen LogP contribution >= 0.6 is 11.6 Å². The third-order valence-electron chi connectivity index (χ3n) is 6.67.